The predicted molar refractivity (Wildman–Crippen MR) is 64.1 cm³/mol. The highest BCUT2D eigenvalue weighted by molar-refractivity contribution is 7.13. The second-order valence-electron chi connectivity index (χ2n) is 3.75. The molecule has 0 atom stereocenters. The summed E-state index contributed by atoms with van der Waals surface area (Å²) >= 11 is 1.39. The highest BCUT2D eigenvalue weighted by Gasteiger charge is 2.21. The second-order valence-corrected chi connectivity index (χ2v) is 4.64. The topological polar surface area (TPSA) is 82.7 Å². The molecule has 6 nitrogen and oxygen atoms in total. The van der Waals surface area contributed by atoms with E-state index in [-0.39, 0.29) is 5.91 Å². The maximum absolute atomic E-state index is 12.0. The van der Waals surface area contributed by atoms with Gasteiger partial charge < -0.3 is 5.32 Å². The van der Waals surface area contributed by atoms with E-state index in [1.54, 1.807) is 6.20 Å². The lowest BCUT2D eigenvalue weighted by Crippen LogP contribution is -2.25. The Hall–Kier alpha value is -1.73. The zero-order valence-electron chi connectivity index (χ0n) is 8.99. The van der Waals surface area contributed by atoms with Crippen LogP contribution in [0.15, 0.2) is 11.6 Å². The zero-order chi connectivity index (χ0) is 11.7. The standard InChI is InChI=1S/C10H11N5OS/c16-9(13-10-12-3-4-17-10)8-6-5-11-2-1-7(6)14-15-8/h3-4,11H,1-2,5H2,(H,14,15)(H,12,13,16). The van der Waals surface area contributed by atoms with E-state index in [0.29, 0.717) is 17.4 Å². The molecule has 0 unspecified atom stereocenters. The number of rotatable bonds is 2. The Kier molecular flexibility index (Phi) is 2.62. The Morgan fingerprint density at radius 3 is 3.29 bits per heavy atom. The van der Waals surface area contributed by atoms with Gasteiger partial charge in [0, 0.05) is 42.3 Å². The van der Waals surface area contributed by atoms with Crippen LogP contribution in [-0.4, -0.2) is 27.6 Å². The number of aromatic amines is 1. The largest absolute Gasteiger partial charge is 0.312 e. The molecule has 0 radical (unpaired) electrons. The summed E-state index contributed by atoms with van der Waals surface area (Å²) < 4.78 is 0. The van der Waals surface area contributed by atoms with Crippen molar-refractivity contribution in [1.82, 2.24) is 20.5 Å². The molecule has 0 aromatic carbocycles. The number of hydrogen-bond acceptors (Lipinski definition) is 5. The lowest BCUT2D eigenvalue weighted by atomic mass is 10.1. The van der Waals surface area contributed by atoms with E-state index in [0.717, 1.165) is 24.2 Å². The van der Waals surface area contributed by atoms with E-state index in [4.69, 9.17) is 0 Å². The zero-order valence-corrected chi connectivity index (χ0v) is 9.80. The molecular formula is C10H11N5OS. The van der Waals surface area contributed by atoms with Gasteiger partial charge in [0.25, 0.3) is 5.91 Å². The first-order valence-corrected chi connectivity index (χ1v) is 6.20. The van der Waals surface area contributed by atoms with Gasteiger partial charge >= 0.3 is 0 Å². The number of hydrogen-bond donors (Lipinski definition) is 3. The number of nitrogens with one attached hydrogen (secondary N) is 3. The number of fused-ring (bicyclic) bond motifs is 1. The number of carbonyl (C=O) groups excluding carboxylic acids is 1. The monoisotopic (exact) mass is 249 g/mol. The van der Waals surface area contributed by atoms with Crippen LogP contribution in [0.2, 0.25) is 0 Å². The minimum Gasteiger partial charge on any atom is -0.312 e. The van der Waals surface area contributed by atoms with Gasteiger partial charge in [-0.3, -0.25) is 15.2 Å². The van der Waals surface area contributed by atoms with Gasteiger partial charge in [-0.1, -0.05) is 0 Å². The molecule has 0 spiro atoms. The van der Waals surface area contributed by atoms with Crippen LogP contribution in [0.1, 0.15) is 21.7 Å². The number of carbonyl (C=O) groups is 1. The first kappa shape index (κ1) is 10.4. The molecule has 7 heteroatoms. The molecule has 0 saturated carbocycles. The van der Waals surface area contributed by atoms with Crippen LogP contribution in [0.25, 0.3) is 0 Å². The third kappa shape index (κ3) is 1.94. The summed E-state index contributed by atoms with van der Waals surface area (Å²) in [7, 11) is 0. The van der Waals surface area contributed by atoms with E-state index >= 15 is 0 Å². The minimum absolute atomic E-state index is 0.207. The Morgan fingerprint density at radius 2 is 2.47 bits per heavy atom. The molecule has 17 heavy (non-hydrogen) atoms. The van der Waals surface area contributed by atoms with E-state index in [9.17, 15) is 4.79 Å². The molecule has 1 aliphatic rings. The fourth-order valence-electron chi connectivity index (χ4n) is 1.85. The Labute approximate surface area is 101 Å². The van der Waals surface area contributed by atoms with E-state index in [1.807, 2.05) is 5.38 Å². The van der Waals surface area contributed by atoms with Crippen molar-refractivity contribution < 1.29 is 4.79 Å². The summed E-state index contributed by atoms with van der Waals surface area (Å²) in [6.45, 7) is 1.61. The summed E-state index contributed by atoms with van der Waals surface area (Å²) in [5.41, 5.74) is 2.47. The highest BCUT2D eigenvalue weighted by Crippen LogP contribution is 2.17. The molecule has 88 valence electrons. The predicted octanol–water partition coefficient (Wildman–Crippen LogP) is 0.764. The quantitative estimate of drug-likeness (QED) is 0.734. The van der Waals surface area contributed by atoms with Crippen molar-refractivity contribution in [3.63, 3.8) is 0 Å². The first-order chi connectivity index (χ1) is 8.34. The smallest absolute Gasteiger partial charge is 0.278 e. The van der Waals surface area contributed by atoms with Gasteiger partial charge in [-0.2, -0.15) is 5.10 Å². The highest BCUT2D eigenvalue weighted by atomic mass is 32.1. The first-order valence-electron chi connectivity index (χ1n) is 5.32. The van der Waals surface area contributed by atoms with Crippen LogP contribution >= 0.6 is 11.3 Å². The summed E-state index contributed by atoms with van der Waals surface area (Å²) in [5.74, 6) is -0.207. The van der Waals surface area contributed by atoms with Gasteiger partial charge in [-0.15, -0.1) is 11.3 Å². The van der Waals surface area contributed by atoms with Crippen LogP contribution in [-0.2, 0) is 13.0 Å². The average molecular weight is 249 g/mol. The van der Waals surface area contributed by atoms with Gasteiger partial charge in [0.1, 0.15) is 0 Å². The third-order valence-electron chi connectivity index (χ3n) is 2.67. The van der Waals surface area contributed by atoms with Crippen LogP contribution in [0.3, 0.4) is 0 Å². The van der Waals surface area contributed by atoms with Crippen molar-refractivity contribution in [2.45, 2.75) is 13.0 Å². The van der Waals surface area contributed by atoms with Crippen molar-refractivity contribution in [1.29, 1.82) is 0 Å². The molecular weight excluding hydrogens is 238 g/mol. The fraction of sp³-hybridized carbons (Fsp3) is 0.300. The van der Waals surface area contributed by atoms with Crippen molar-refractivity contribution in [2.75, 3.05) is 11.9 Å². The maximum Gasteiger partial charge on any atom is 0.278 e. The number of H-pyrrole nitrogens is 1. The van der Waals surface area contributed by atoms with E-state index < -0.39 is 0 Å². The van der Waals surface area contributed by atoms with Crippen molar-refractivity contribution >= 4 is 22.4 Å². The van der Waals surface area contributed by atoms with Gasteiger partial charge in [0.15, 0.2) is 10.8 Å². The molecule has 2 aromatic rings. The summed E-state index contributed by atoms with van der Waals surface area (Å²) in [6, 6.07) is 0. The number of aromatic nitrogens is 3. The van der Waals surface area contributed by atoms with Crippen LogP contribution < -0.4 is 10.6 Å². The lowest BCUT2D eigenvalue weighted by molar-refractivity contribution is 0.102. The molecule has 3 rings (SSSR count). The number of thiazole rings is 1. The van der Waals surface area contributed by atoms with Gasteiger partial charge in [0.05, 0.1) is 0 Å². The van der Waals surface area contributed by atoms with Crippen LogP contribution in [0.5, 0.6) is 0 Å². The number of nitrogens with zero attached hydrogens (tertiary/aromatic N) is 2. The average Bonchev–Trinajstić information content (AvgIpc) is 2.96. The summed E-state index contributed by atoms with van der Waals surface area (Å²) in [6.07, 6.45) is 2.54. The van der Waals surface area contributed by atoms with Crippen molar-refractivity contribution in [2.24, 2.45) is 0 Å². The van der Waals surface area contributed by atoms with Crippen molar-refractivity contribution in [3.05, 3.63) is 28.5 Å². The Balaban J connectivity index is 1.84. The lowest BCUT2D eigenvalue weighted by Gasteiger charge is -2.12. The molecule has 3 heterocycles. The molecule has 0 saturated heterocycles. The summed E-state index contributed by atoms with van der Waals surface area (Å²) in [4.78, 5) is 16.0. The molecule has 0 bridgehead atoms. The van der Waals surface area contributed by atoms with Crippen LogP contribution in [0.4, 0.5) is 5.13 Å². The Morgan fingerprint density at radius 1 is 1.53 bits per heavy atom. The van der Waals surface area contributed by atoms with Gasteiger partial charge in [0.2, 0.25) is 0 Å². The van der Waals surface area contributed by atoms with E-state index in [2.05, 4.69) is 25.8 Å². The molecule has 0 aliphatic carbocycles. The minimum atomic E-state index is -0.207. The second kappa shape index (κ2) is 4.27. The van der Waals surface area contributed by atoms with Gasteiger partial charge in [-0.05, 0) is 0 Å². The molecule has 3 N–H and O–H groups in total. The molecule has 0 fully saturated rings. The van der Waals surface area contributed by atoms with Crippen molar-refractivity contribution in [3.8, 4) is 0 Å². The SMILES string of the molecule is O=C(Nc1nccs1)c1n[nH]c2c1CNCC2. The Bertz CT molecular complexity index is 533. The number of anilines is 1. The molecule has 2 aromatic heterocycles. The molecule has 1 aliphatic heterocycles. The molecule has 1 amide bonds. The van der Waals surface area contributed by atoms with Crippen LogP contribution in [0, 0.1) is 0 Å². The van der Waals surface area contributed by atoms with E-state index in [1.165, 1.54) is 11.3 Å². The van der Waals surface area contributed by atoms with Gasteiger partial charge in [-0.25, -0.2) is 4.98 Å². The summed E-state index contributed by atoms with van der Waals surface area (Å²) in [5, 5.41) is 15.4. The fourth-order valence-corrected chi connectivity index (χ4v) is 2.38. The normalized spacial score (nSPS) is 14.4. The number of amides is 1. The maximum atomic E-state index is 12.0. The third-order valence-corrected chi connectivity index (χ3v) is 3.36.